The van der Waals surface area contributed by atoms with E-state index in [0.717, 1.165) is 26.2 Å². The van der Waals surface area contributed by atoms with Gasteiger partial charge in [0.2, 0.25) is 0 Å². The van der Waals surface area contributed by atoms with E-state index in [1.54, 1.807) is 5.56 Å². The molecule has 0 aromatic heterocycles. The Morgan fingerprint density at radius 2 is 1.95 bits per heavy atom. The smallest absolute Gasteiger partial charge is 0.0343 e. The van der Waals surface area contributed by atoms with Gasteiger partial charge in [-0.25, -0.2) is 0 Å². The molecule has 22 heavy (non-hydrogen) atoms. The maximum Gasteiger partial charge on any atom is 0.0343 e. The molecule has 1 aromatic carbocycles. The van der Waals surface area contributed by atoms with Crippen molar-refractivity contribution < 1.29 is 0 Å². The van der Waals surface area contributed by atoms with Crippen LogP contribution in [0, 0.1) is 0 Å². The van der Waals surface area contributed by atoms with Gasteiger partial charge < -0.3 is 10.2 Å². The number of unbranched alkanes of at least 4 members (excludes halogenated alkanes) is 1. The normalized spacial score (nSPS) is 15.1. The van der Waals surface area contributed by atoms with Gasteiger partial charge in [-0.1, -0.05) is 33.3 Å². The summed E-state index contributed by atoms with van der Waals surface area (Å²) in [5.41, 5.74) is 4.36. The molecule has 124 valence electrons. The van der Waals surface area contributed by atoms with Crippen LogP contribution in [0.25, 0.3) is 0 Å². The minimum atomic E-state index is 1.09. The first-order chi connectivity index (χ1) is 10.8. The molecule has 0 aliphatic carbocycles. The second-order valence-corrected chi connectivity index (χ2v) is 6.32. The van der Waals surface area contributed by atoms with E-state index >= 15 is 0 Å². The molecule has 0 bridgehead atoms. The standard InChI is InChI=1S/C19H33N3/c1-4-7-11-20-19-9-8-18-16-22(12-10-17(18)15-19)14-13-21(5-2)6-3/h8-9,15,20H,4-7,10-14,16H2,1-3H3. The van der Waals surface area contributed by atoms with Crippen LogP contribution in [0.15, 0.2) is 18.2 Å². The van der Waals surface area contributed by atoms with Crippen molar-refractivity contribution in [2.45, 2.75) is 46.6 Å². The third kappa shape index (κ3) is 4.99. The zero-order valence-electron chi connectivity index (χ0n) is 14.7. The highest BCUT2D eigenvalue weighted by Gasteiger charge is 2.16. The number of likely N-dealkylation sites (N-methyl/N-ethyl adjacent to an activating group) is 1. The van der Waals surface area contributed by atoms with Gasteiger partial charge in [0.25, 0.3) is 0 Å². The van der Waals surface area contributed by atoms with Gasteiger partial charge in [0, 0.05) is 38.4 Å². The largest absolute Gasteiger partial charge is 0.385 e. The molecule has 3 heteroatoms. The molecule has 0 fully saturated rings. The van der Waals surface area contributed by atoms with Crippen molar-refractivity contribution in [2.75, 3.05) is 44.6 Å². The lowest BCUT2D eigenvalue weighted by molar-refractivity contribution is 0.202. The van der Waals surface area contributed by atoms with Crippen LogP contribution in [0.5, 0.6) is 0 Å². The fourth-order valence-electron chi connectivity index (χ4n) is 3.14. The number of fused-ring (bicyclic) bond motifs is 1. The van der Waals surface area contributed by atoms with Crippen LogP contribution in [0.4, 0.5) is 5.69 Å². The Hall–Kier alpha value is -1.06. The van der Waals surface area contributed by atoms with Gasteiger partial charge in [0.1, 0.15) is 0 Å². The molecule has 0 atom stereocenters. The van der Waals surface area contributed by atoms with Crippen LogP contribution < -0.4 is 5.32 Å². The molecular formula is C19H33N3. The van der Waals surface area contributed by atoms with Gasteiger partial charge >= 0.3 is 0 Å². The summed E-state index contributed by atoms with van der Waals surface area (Å²) in [5, 5.41) is 3.54. The fraction of sp³-hybridized carbons (Fsp3) is 0.684. The minimum absolute atomic E-state index is 1.09. The van der Waals surface area contributed by atoms with Gasteiger partial charge in [-0.05, 0) is 49.2 Å². The van der Waals surface area contributed by atoms with E-state index in [1.807, 2.05) is 0 Å². The molecule has 1 aromatic rings. The molecular weight excluding hydrogens is 270 g/mol. The van der Waals surface area contributed by atoms with Gasteiger partial charge in [-0.3, -0.25) is 4.90 Å². The molecule has 2 rings (SSSR count). The second kappa shape index (κ2) is 9.16. The molecule has 0 spiro atoms. The Morgan fingerprint density at radius 1 is 1.14 bits per heavy atom. The average molecular weight is 303 g/mol. The number of anilines is 1. The number of rotatable bonds is 9. The van der Waals surface area contributed by atoms with Gasteiger partial charge in [0.15, 0.2) is 0 Å². The number of hydrogen-bond acceptors (Lipinski definition) is 3. The highest BCUT2D eigenvalue weighted by molar-refractivity contribution is 5.49. The van der Waals surface area contributed by atoms with Crippen molar-refractivity contribution >= 4 is 5.69 Å². The van der Waals surface area contributed by atoms with E-state index in [2.05, 4.69) is 54.1 Å². The Labute approximate surface area is 136 Å². The van der Waals surface area contributed by atoms with Crippen molar-refractivity contribution in [3.05, 3.63) is 29.3 Å². The van der Waals surface area contributed by atoms with E-state index in [1.165, 1.54) is 50.1 Å². The number of nitrogens with zero attached hydrogens (tertiary/aromatic N) is 2. The number of benzene rings is 1. The molecule has 1 aliphatic rings. The quantitative estimate of drug-likeness (QED) is 0.703. The average Bonchev–Trinajstić information content (AvgIpc) is 2.56. The second-order valence-electron chi connectivity index (χ2n) is 6.32. The molecule has 1 heterocycles. The lowest BCUT2D eigenvalue weighted by atomic mass is 9.99. The summed E-state index contributed by atoms with van der Waals surface area (Å²) < 4.78 is 0. The van der Waals surface area contributed by atoms with Crippen molar-refractivity contribution in [3.8, 4) is 0 Å². The third-order valence-corrected chi connectivity index (χ3v) is 4.78. The predicted octanol–water partition coefficient (Wildman–Crippen LogP) is 3.60. The van der Waals surface area contributed by atoms with Crippen molar-refractivity contribution in [1.29, 1.82) is 0 Å². The highest BCUT2D eigenvalue weighted by Crippen LogP contribution is 2.22. The van der Waals surface area contributed by atoms with E-state index < -0.39 is 0 Å². The molecule has 0 saturated heterocycles. The van der Waals surface area contributed by atoms with E-state index in [4.69, 9.17) is 0 Å². The van der Waals surface area contributed by atoms with Crippen LogP contribution in [0.1, 0.15) is 44.7 Å². The summed E-state index contributed by atoms with van der Waals surface area (Å²) in [4.78, 5) is 5.11. The SMILES string of the molecule is CCCCNc1ccc2c(c1)CCN(CCN(CC)CC)C2. The Bertz CT molecular complexity index is 440. The summed E-state index contributed by atoms with van der Waals surface area (Å²) >= 11 is 0. The maximum atomic E-state index is 3.54. The zero-order chi connectivity index (χ0) is 15.8. The Morgan fingerprint density at radius 3 is 2.68 bits per heavy atom. The van der Waals surface area contributed by atoms with Crippen LogP contribution in [-0.4, -0.2) is 49.1 Å². The summed E-state index contributed by atoms with van der Waals surface area (Å²) in [6.45, 7) is 14.9. The van der Waals surface area contributed by atoms with Crippen LogP contribution in [0.3, 0.4) is 0 Å². The molecule has 0 unspecified atom stereocenters. The first-order valence-electron chi connectivity index (χ1n) is 9.07. The summed E-state index contributed by atoms with van der Waals surface area (Å²) in [5.74, 6) is 0. The van der Waals surface area contributed by atoms with Crippen LogP contribution >= 0.6 is 0 Å². The molecule has 0 saturated carbocycles. The lowest BCUT2D eigenvalue weighted by Gasteiger charge is -2.31. The van der Waals surface area contributed by atoms with Gasteiger partial charge in [0.05, 0.1) is 0 Å². The molecule has 3 nitrogen and oxygen atoms in total. The van der Waals surface area contributed by atoms with E-state index in [-0.39, 0.29) is 0 Å². The minimum Gasteiger partial charge on any atom is -0.385 e. The number of hydrogen-bond donors (Lipinski definition) is 1. The number of nitrogens with one attached hydrogen (secondary N) is 1. The van der Waals surface area contributed by atoms with Crippen molar-refractivity contribution in [1.82, 2.24) is 9.80 Å². The molecule has 0 radical (unpaired) electrons. The molecule has 1 aliphatic heterocycles. The molecule has 0 amide bonds. The Balaban J connectivity index is 1.85. The van der Waals surface area contributed by atoms with Gasteiger partial charge in [-0.15, -0.1) is 0 Å². The Kier molecular flexibility index (Phi) is 7.20. The topological polar surface area (TPSA) is 18.5 Å². The monoisotopic (exact) mass is 303 g/mol. The first-order valence-corrected chi connectivity index (χ1v) is 9.07. The van der Waals surface area contributed by atoms with Gasteiger partial charge in [-0.2, -0.15) is 0 Å². The van der Waals surface area contributed by atoms with Crippen molar-refractivity contribution in [3.63, 3.8) is 0 Å². The summed E-state index contributed by atoms with van der Waals surface area (Å²) in [6, 6.07) is 6.95. The maximum absolute atomic E-state index is 3.54. The zero-order valence-corrected chi connectivity index (χ0v) is 14.7. The van der Waals surface area contributed by atoms with E-state index in [9.17, 15) is 0 Å². The van der Waals surface area contributed by atoms with Crippen LogP contribution in [0.2, 0.25) is 0 Å². The predicted molar refractivity (Wildman–Crippen MR) is 96.6 cm³/mol. The highest BCUT2D eigenvalue weighted by atomic mass is 15.2. The first kappa shape index (κ1) is 17.3. The van der Waals surface area contributed by atoms with Crippen LogP contribution in [-0.2, 0) is 13.0 Å². The lowest BCUT2D eigenvalue weighted by Crippen LogP contribution is -2.37. The fourth-order valence-corrected chi connectivity index (χ4v) is 3.14. The summed E-state index contributed by atoms with van der Waals surface area (Å²) in [7, 11) is 0. The van der Waals surface area contributed by atoms with E-state index in [0.29, 0.717) is 0 Å². The summed E-state index contributed by atoms with van der Waals surface area (Å²) in [6.07, 6.45) is 3.69. The molecule has 1 N–H and O–H groups in total. The third-order valence-electron chi connectivity index (χ3n) is 4.78. The van der Waals surface area contributed by atoms with Crippen molar-refractivity contribution in [2.24, 2.45) is 0 Å².